The summed E-state index contributed by atoms with van der Waals surface area (Å²) in [6.45, 7) is 0. The van der Waals surface area contributed by atoms with Crippen molar-refractivity contribution in [2.75, 3.05) is 5.32 Å². The first kappa shape index (κ1) is 11.5. The zero-order valence-electron chi connectivity index (χ0n) is 11.0. The molecule has 0 spiro atoms. The molecular weight excluding hydrogens is 252 g/mol. The van der Waals surface area contributed by atoms with Crippen LogP contribution >= 0.6 is 11.3 Å². The Morgan fingerprint density at radius 3 is 2.79 bits per heavy atom. The Kier molecular flexibility index (Phi) is 2.80. The van der Waals surface area contributed by atoms with E-state index in [9.17, 15) is 0 Å². The zero-order valence-corrected chi connectivity index (χ0v) is 11.8. The molecule has 2 aliphatic carbocycles. The van der Waals surface area contributed by atoms with Gasteiger partial charge in [-0.05, 0) is 55.7 Å². The van der Waals surface area contributed by atoms with Gasteiger partial charge in [0, 0.05) is 17.0 Å². The summed E-state index contributed by atoms with van der Waals surface area (Å²) in [6, 6.07) is 7.57. The summed E-state index contributed by atoms with van der Waals surface area (Å²) >= 11 is 1.73. The molecule has 1 aromatic heterocycles. The third-order valence-corrected chi connectivity index (χ3v) is 4.83. The van der Waals surface area contributed by atoms with E-state index in [1.54, 1.807) is 16.9 Å². The number of benzene rings is 1. The van der Waals surface area contributed by atoms with E-state index in [1.807, 2.05) is 0 Å². The molecular formula is C16H18N2S. The van der Waals surface area contributed by atoms with Crippen LogP contribution in [0.25, 0.3) is 11.3 Å². The second kappa shape index (κ2) is 4.64. The molecule has 4 rings (SSSR count). The van der Waals surface area contributed by atoms with E-state index in [0.717, 1.165) is 10.8 Å². The minimum absolute atomic E-state index is 0.683. The Bertz CT molecular complexity index is 599. The molecule has 2 aromatic rings. The van der Waals surface area contributed by atoms with E-state index in [2.05, 4.69) is 28.9 Å². The Morgan fingerprint density at radius 2 is 1.95 bits per heavy atom. The van der Waals surface area contributed by atoms with Gasteiger partial charge in [0.05, 0.1) is 5.69 Å². The normalized spacial score (nSPS) is 18.1. The number of hydrogen-bond acceptors (Lipinski definition) is 3. The van der Waals surface area contributed by atoms with Crippen LogP contribution in [-0.2, 0) is 12.8 Å². The van der Waals surface area contributed by atoms with Gasteiger partial charge in [-0.25, -0.2) is 4.98 Å². The number of aryl methyl sites for hydroxylation is 2. The number of nitrogens with one attached hydrogen (secondary N) is 1. The van der Waals surface area contributed by atoms with E-state index >= 15 is 0 Å². The molecule has 2 aliphatic rings. The van der Waals surface area contributed by atoms with Gasteiger partial charge in [-0.2, -0.15) is 0 Å². The van der Waals surface area contributed by atoms with Crippen LogP contribution in [0.1, 0.15) is 36.8 Å². The summed E-state index contributed by atoms with van der Waals surface area (Å²) in [5.74, 6) is 0. The molecule has 0 aliphatic heterocycles. The highest BCUT2D eigenvalue weighted by atomic mass is 32.1. The lowest BCUT2D eigenvalue weighted by Crippen LogP contribution is -2.02. The number of anilines is 1. The highest BCUT2D eigenvalue weighted by Crippen LogP contribution is 2.31. The number of fused-ring (bicyclic) bond motifs is 1. The Hall–Kier alpha value is -1.35. The van der Waals surface area contributed by atoms with Crippen molar-refractivity contribution >= 4 is 16.5 Å². The Labute approximate surface area is 117 Å². The van der Waals surface area contributed by atoms with E-state index in [1.165, 1.54) is 49.7 Å². The fourth-order valence-electron chi connectivity index (χ4n) is 2.77. The topological polar surface area (TPSA) is 24.9 Å². The lowest BCUT2D eigenvalue weighted by atomic mass is 9.90. The van der Waals surface area contributed by atoms with E-state index in [4.69, 9.17) is 4.98 Å². The molecule has 19 heavy (non-hydrogen) atoms. The average Bonchev–Trinajstić information content (AvgIpc) is 3.14. The molecule has 0 amide bonds. The van der Waals surface area contributed by atoms with Gasteiger partial charge in [-0.1, -0.05) is 12.1 Å². The van der Waals surface area contributed by atoms with Crippen molar-refractivity contribution in [3.05, 3.63) is 34.7 Å². The summed E-state index contributed by atoms with van der Waals surface area (Å²) in [4.78, 5) is 4.72. The van der Waals surface area contributed by atoms with Crippen molar-refractivity contribution in [3.63, 3.8) is 0 Å². The summed E-state index contributed by atoms with van der Waals surface area (Å²) in [7, 11) is 0. The predicted octanol–water partition coefficient (Wildman–Crippen LogP) is 4.26. The van der Waals surface area contributed by atoms with Gasteiger partial charge in [0.2, 0.25) is 0 Å². The highest BCUT2D eigenvalue weighted by molar-refractivity contribution is 7.14. The summed E-state index contributed by atoms with van der Waals surface area (Å²) < 4.78 is 0. The molecule has 3 heteroatoms. The van der Waals surface area contributed by atoms with Crippen LogP contribution in [-0.4, -0.2) is 11.0 Å². The molecule has 98 valence electrons. The smallest absolute Gasteiger partial charge is 0.183 e. The second-order valence-corrected chi connectivity index (χ2v) is 6.51. The van der Waals surface area contributed by atoms with Crippen LogP contribution in [0.2, 0.25) is 0 Å². The quantitative estimate of drug-likeness (QED) is 0.901. The zero-order chi connectivity index (χ0) is 12.7. The number of nitrogens with zero attached hydrogens (tertiary/aromatic N) is 1. The van der Waals surface area contributed by atoms with Crippen molar-refractivity contribution in [1.82, 2.24) is 4.98 Å². The Morgan fingerprint density at radius 1 is 1.11 bits per heavy atom. The Balaban J connectivity index is 1.61. The first-order chi connectivity index (χ1) is 9.38. The molecule has 1 heterocycles. The van der Waals surface area contributed by atoms with E-state index < -0.39 is 0 Å². The maximum atomic E-state index is 4.72. The van der Waals surface area contributed by atoms with Gasteiger partial charge in [-0.3, -0.25) is 0 Å². The van der Waals surface area contributed by atoms with Crippen LogP contribution in [0.15, 0.2) is 23.6 Å². The molecule has 0 atom stereocenters. The molecule has 1 aromatic carbocycles. The second-order valence-electron chi connectivity index (χ2n) is 5.65. The van der Waals surface area contributed by atoms with Crippen LogP contribution in [0.4, 0.5) is 5.13 Å². The van der Waals surface area contributed by atoms with Crippen molar-refractivity contribution < 1.29 is 0 Å². The predicted molar refractivity (Wildman–Crippen MR) is 80.8 cm³/mol. The first-order valence-corrected chi connectivity index (χ1v) is 8.11. The third-order valence-electron chi connectivity index (χ3n) is 4.05. The van der Waals surface area contributed by atoms with Crippen molar-refractivity contribution in [2.24, 2.45) is 0 Å². The summed E-state index contributed by atoms with van der Waals surface area (Å²) in [6.07, 6.45) is 7.77. The van der Waals surface area contributed by atoms with Crippen LogP contribution in [0, 0.1) is 0 Å². The van der Waals surface area contributed by atoms with Gasteiger partial charge in [-0.15, -0.1) is 11.3 Å². The van der Waals surface area contributed by atoms with Gasteiger partial charge in [0.25, 0.3) is 0 Å². The number of hydrogen-bond donors (Lipinski definition) is 1. The maximum absolute atomic E-state index is 4.72. The standard InChI is InChI=1S/C16H18N2S/c1-2-4-12-9-13(6-5-11(12)3-1)15-10-19-16(18-15)17-14-7-8-14/h5-6,9-10,14H,1-4,7-8H2,(H,17,18). The maximum Gasteiger partial charge on any atom is 0.183 e. The minimum Gasteiger partial charge on any atom is -0.359 e. The lowest BCUT2D eigenvalue weighted by molar-refractivity contribution is 0.686. The molecule has 0 bridgehead atoms. The van der Waals surface area contributed by atoms with E-state index in [0.29, 0.717) is 6.04 Å². The molecule has 0 radical (unpaired) electrons. The van der Waals surface area contributed by atoms with Crippen LogP contribution in [0.3, 0.4) is 0 Å². The van der Waals surface area contributed by atoms with Crippen LogP contribution in [0.5, 0.6) is 0 Å². The summed E-state index contributed by atoms with van der Waals surface area (Å²) in [5.41, 5.74) is 5.48. The fourth-order valence-corrected chi connectivity index (χ4v) is 3.57. The van der Waals surface area contributed by atoms with Gasteiger partial charge in [0.1, 0.15) is 0 Å². The molecule has 1 N–H and O–H groups in total. The molecule has 0 saturated heterocycles. The summed E-state index contributed by atoms with van der Waals surface area (Å²) in [5, 5.41) is 6.73. The van der Waals surface area contributed by atoms with Gasteiger partial charge in [0.15, 0.2) is 5.13 Å². The molecule has 2 nitrogen and oxygen atoms in total. The minimum atomic E-state index is 0.683. The molecule has 1 saturated carbocycles. The largest absolute Gasteiger partial charge is 0.359 e. The first-order valence-electron chi connectivity index (χ1n) is 7.23. The fraction of sp³-hybridized carbons (Fsp3) is 0.438. The number of rotatable bonds is 3. The van der Waals surface area contributed by atoms with Crippen molar-refractivity contribution in [3.8, 4) is 11.3 Å². The van der Waals surface area contributed by atoms with Gasteiger partial charge >= 0.3 is 0 Å². The van der Waals surface area contributed by atoms with Gasteiger partial charge < -0.3 is 5.32 Å². The monoisotopic (exact) mass is 270 g/mol. The third kappa shape index (κ3) is 2.39. The lowest BCUT2D eigenvalue weighted by Gasteiger charge is -2.16. The van der Waals surface area contributed by atoms with E-state index in [-0.39, 0.29) is 0 Å². The molecule has 0 unspecified atom stereocenters. The average molecular weight is 270 g/mol. The van der Waals surface area contributed by atoms with Crippen molar-refractivity contribution in [2.45, 2.75) is 44.6 Å². The molecule has 1 fully saturated rings. The highest BCUT2D eigenvalue weighted by Gasteiger charge is 2.22. The van der Waals surface area contributed by atoms with Crippen LogP contribution < -0.4 is 5.32 Å². The number of thiazole rings is 1. The number of aromatic nitrogens is 1. The van der Waals surface area contributed by atoms with Crippen molar-refractivity contribution in [1.29, 1.82) is 0 Å². The SMILES string of the molecule is c1cc2c(cc1-c1csc(NC3CC3)n1)CCCC2.